The Hall–Kier alpha value is -2.77. The van der Waals surface area contributed by atoms with Gasteiger partial charge in [0.15, 0.2) is 0 Å². The van der Waals surface area contributed by atoms with Crippen molar-refractivity contribution in [2.75, 3.05) is 11.9 Å². The van der Waals surface area contributed by atoms with Crippen LogP contribution < -0.4 is 5.32 Å². The highest BCUT2D eigenvalue weighted by Gasteiger charge is 2.12. The summed E-state index contributed by atoms with van der Waals surface area (Å²) in [5.41, 5.74) is 4.20. The van der Waals surface area contributed by atoms with Gasteiger partial charge in [0.1, 0.15) is 6.73 Å². The summed E-state index contributed by atoms with van der Waals surface area (Å²) in [6.45, 7) is 11.7. The fraction of sp³-hybridized carbons (Fsp3) is 0.286. The molecule has 0 radical (unpaired) electrons. The van der Waals surface area contributed by atoms with Gasteiger partial charge < -0.3 is 14.6 Å². The number of hydrogen-bond acceptors (Lipinski definition) is 4. The Morgan fingerprint density at radius 2 is 2.11 bits per heavy atom. The Morgan fingerprint density at radius 3 is 2.86 bits per heavy atom. The summed E-state index contributed by atoms with van der Waals surface area (Å²) < 4.78 is 7.79. The molecule has 2 aromatic heterocycles. The van der Waals surface area contributed by atoms with Crippen LogP contribution in [0.3, 0.4) is 0 Å². The van der Waals surface area contributed by atoms with Crippen LogP contribution in [0.1, 0.15) is 0 Å². The molecule has 7 heteroatoms. The summed E-state index contributed by atoms with van der Waals surface area (Å²) in [5, 5.41) is 2.76. The zero-order valence-corrected chi connectivity index (χ0v) is 17.6. The van der Waals surface area contributed by atoms with E-state index in [1.165, 1.54) is 6.08 Å². The Morgan fingerprint density at radius 1 is 1.29 bits per heavy atom. The van der Waals surface area contributed by atoms with Crippen LogP contribution in [0, 0.1) is 0 Å². The second-order valence-electron chi connectivity index (χ2n) is 7.89. The highest BCUT2D eigenvalue weighted by Crippen LogP contribution is 2.24. The molecule has 0 saturated carbocycles. The number of fused-ring (bicyclic) bond motifs is 1. The molecule has 0 fully saturated rings. The van der Waals surface area contributed by atoms with Crippen molar-refractivity contribution in [1.29, 1.82) is 0 Å². The minimum atomic E-state index is -1.09. The third kappa shape index (κ3) is 5.14. The Labute approximate surface area is 166 Å². The van der Waals surface area contributed by atoms with Gasteiger partial charge in [-0.1, -0.05) is 38.4 Å². The van der Waals surface area contributed by atoms with Crippen LogP contribution in [0.4, 0.5) is 5.69 Å². The van der Waals surface area contributed by atoms with Gasteiger partial charge in [-0.15, -0.1) is 0 Å². The molecular weight excluding hydrogens is 368 g/mol. The SMILES string of the molecule is C=CC(=O)Nc1cccc(-c2cc3ncn(COCC[Si](C)(C)C)c3cn2)c1. The number of imidazole rings is 1. The summed E-state index contributed by atoms with van der Waals surface area (Å²) in [7, 11) is -1.09. The Kier molecular flexibility index (Phi) is 6.06. The normalized spacial score (nSPS) is 11.5. The van der Waals surface area contributed by atoms with Gasteiger partial charge in [-0.25, -0.2) is 4.98 Å². The molecule has 1 N–H and O–H groups in total. The maximum Gasteiger partial charge on any atom is 0.247 e. The average molecular weight is 395 g/mol. The van der Waals surface area contributed by atoms with E-state index in [4.69, 9.17) is 4.74 Å². The molecule has 1 amide bonds. The first-order chi connectivity index (χ1) is 13.4. The highest BCUT2D eigenvalue weighted by molar-refractivity contribution is 6.76. The van der Waals surface area contributed by atoms with E-state index in [2.05, 4.69) is 41.5 Å². The topological polar surface area (TPSA) is 69.0 Å². The first-order valence-electron chi connectivity index (χ1n) is 9.28. The number of pyridine rings is 1. The van der Waals surface area contributed by atoms with Crippen LogP contribution in [0.15, 0.2) is 55.5 Å². The number of carbonyl (C=O) groups excluding carboxylic acids is 1. The number of aromatic nitrogens is 3. The highest BCUT2D eigenvalue weighted by atomic mass is 28.3. The van der Waals surface area contributed by atoms with Gasteiger partial charge in [0.2, 0.25) is 5.91 Å². The number of amides is 1. The molecule has 0 unspecified atom stereocenters. The number of carbonyl (C=O) groups is 1. The van der Waals surface area contributed by atoms with E-state index in [-0.39, 0.29) is 5.91 Å². The molecule has 0 aliphatic carbocycles. The number of anilines is 1. The number of nitrogens with zero attached hydrogens (tertiary/aromatic N) is 3. The molecule has 0 aliphatic rings. The Balaban J connectivity index is 1.74. The third-order valence-corrected chi connectivity index (χ3v) is 6.05. The first kappa shape index (κ1) is 20.0. The molecule has 3 rings (SSSR count). The lowest BCUT2D eigenvalue weighted by Crippen LogP contribution is -2.21. The van der Waals surface area contributed by atoms with E-state index in [9.17, 15) is 4.79 Å². The average Bonchev–Trinajstić information content (AvgIpc) is 3.07. The second kappa shape index (κ2) is 8.49. The van der Waals surface area contributed by atoms with Crippen molar-refractivity contribution in [1.82, 2.24) is 14.5 Å². The van der Waals surface area contributed by atoms with Crippen molar-refractivity contribution in [3.63, 3.8) is 0 Å². The first-order valence-corrected chi connectivity index (χ1v) is 13.0. The quantitative estimate of drug-likeness (QED) is 0.346. The fourth-order valence-electron chi connectivity index (χ4n) is 2.71. The predicted octanol–water partition coefficient (Wildman–Crippen LogP) is 4.54. The van der Waals surface area contributed by atoms with E-state index in [0.717, 1.165) is 34.9 Å². The third-order valence-electron chi connectivity index (χ3n) is 4.35. The van der Waals surface area contributed by atoms with Crippen molar-refractivity contribution in [3.8, 4) is 11.3 Å². The standard InChI is InChI=1S/C21H26N4O2Si/c1-5-21(26)24-17-8-6-7-16(11-17)18-12-19-20(13-22-18)25(14-23-19)15-27-9-10-28(2,3)4/h5-8,11-14H,1,9-10,15H2,2-4H3,(H,24,26). The van der Waals surface area contributed by atoms with Gasteiger partial charge in [0, 0.05) is 25.9 Å². The van der Waals surface area contributed by atoms with E-state index in [1.807, 2.05) is 41.1 Å². The van der Waals surface area contributed by atoms with Crippen LogP contribution >= 0.6 is 0 Å². The molecule has 0 saturated heterocycles. The summed E-state index contributed by atoms with van der Waals surface area (Å²) >= 11 is 0. The monoisotopic (exact) mass is 394 g/mol. The minimum Gasteiger partial charge on any atom is -0.361 e. The smallest absolute Gasteiger partial charge is 0.247 e. The van der Waals surface area contributed by atoms with Crippen molar-refractivity contribution in [2.24, 2.45) is 0 Å². The molecule has 0 bridgehead atoms. The second-order valence-corrected chi connectivity index (χ2v) is 13.5. The molecule has 1 aromatic carbocycles. The summed E-state index contributed by atoms with van der Waals surface area (Å²) in [5.74, 6) is -0.242. The predicted molar refractivity (Wildman–Crippen MR) is 116 cm³/mol. The lowest BCUT2D eigenvalue weighted by atomic mass is 10.1. The van der Waals surface area contributed by atoms with Crippen LogP contribution in [0.25, 0.3) is 22.3 Å². The van der Waals surface area contributed by atoms with Gasteiger partial charge >= 0.3 is 0 Å². The van der Waals surface area contributed by atoms with Crippen LogP contribution in [-0.4, -0.2) is 35.1 Å². The zero-order valence-electron chi connectivity index (χ0n) is 16.6. The number of benzene rings is 1. The van der Waals surface area contributed by atoms with E-state index < -0.39 is 8.07 Å². The molecule has 0 aliphatic heterocycles. The molecule has 0 atom stereocenters. The van der Waals surface area contributed by atoms with Crippen molar-refractivity contribution < 1.29 is 9.53 Å². The van der Waals surface area contributed by atoms with E-state index in [1.54, 1.807) is 6.33 Å². The molecule has 2 heterocycles. The summed E-state index contributed by atoms with van der Waals surface area (Å²) in [6, 6.07) is 10.6. The van der Waals surface area contributed by atoms with Crippen molar-refractivity contribution in [3.05, 3.63) is 55.5 Å². The van der Waals surface area contributed by atoms with Crippen LogP contribution in [-0.2, 0) is 16.3 Å². The number of nitrogens with one attached hydrogen (secondary N) is 1. The van der Waals surface area contributed by atoms with Crippen molar-refractivity contribution >= 4 is 30.7 Å². The maximum absolute atomic E-state index is 11.5. The maximum atomic E-state index is 11.5. The lowest BCUT2D eigenvalue weighted by Gasteiger charge is -2.15. The summed E-state index contributed by atoms with van der Waals surface area (Å²) in [6.07, 6.45) is 4.84. The number of ether oxygens (including phenoxy) is 1. The van der Waals surface area contributed by atoms with E-state index in [0.29, 0.717) is 12.4 Å². The van der Waals surface area contributed by atoms with Gasteiger partial charge in [0.25, 0.3) is 0 Å². The number of rotatable bonds is 8. The molecule has 6 nitrogen and oxygen atoms in total. The zero-order chi connectivity index (χ0) is 20.1. The lowest BCUT2D eigenvalue weighted by molar-refractivity contribution is -0.111. The summed E-state index contributed by atoms with van der Waals surface area (Å²) in [4.78, 5) is 20.6. The number of hydrogen-bond donors (Lipinski definition) is 1. The molecular formula is C21H26N4O2Si. The van der Waals surface area contributed by atoms with Gasteiger partial charge in [-0.3, -0.25) is 9.78 Å². The largest absolute Gasteiger partial charge is 0.361 e. The molecule has 3 aromatic rings. The van der Waals surface area contributed by atoms with Crippen molar-refractivity contribution in [2.45, 2.75) is 32.4 Å². The van der Waals surface area contributed by atoms with Gasteiger partial charge in [0.05, 0.1) is 29.3 Å². The fourth-order valence-corrected chi connectivity index (χ4v) is 3.46. The van der Waals surface area contributed by atoms with Crippen LogP contribution in [0.2, 0.25) is 25.7 Å². The van der Waals surface area contributed by atoms with Gasteiger partial charge in [-0.05, 0) is 30.3 Å². The molecule has 28 heavy (non-hydrogen) atoms. The minimum absolute atomic E-state index is 0.242. The molecule has 146 valence electrons. The Bertz CT molecular complexity index is 991. The van der Waals surface area contributed by atoms with Crippen LogP contribution in [0.5, 0.6) is 0 Å². The van der Waals surface area contributed by atoms with E-state index >= 15 is 0 Å². The van der Waals surface area contributed by atoms with Gasteiger partial charge in [-0.2, -0.15) is 0 Å². The molecule has 0 spiro atoms.